The number of H-pyrrole nitrogens is 1. The highest BCUT2D eigenvalue weighted by atomic mass is 16.5. The number of carbonyl (C=O) groups excluding carboxylic acids is 1. The molecule has 0 saturated carbocycles. The lowest BCUT2D eigenvalue weighted by Crippen LogP contribution is -2.21. The van der Waals surface area contributed by atoms with Crippen LogP contribution in [0.4, 0.5) is 11.4 Å². The third-order valence-corrected chi connectivity index (χ3v) is 4.11. The number of hydrogen-bond acceptors (Lipinski definition) is 9. The quantitative estimate of drug-likeness (QED) is 0.445. The maximum atomic E-state index is 12.3. The number of carbonyl (C=O) groups is 1. The van der Waals surface area contributed by atoms with Crippen LogP contribution in [-0.4, -0.2) is 50.0 Å². The van der Waals surface area contributed by atoms with E-state index in [0.29, 0.717) is 22.8 Å². The highest BCUT2D eigenvalue weighted by Gasteiger charge is 2.22. The van der Waals surface area contributed by atoms with Crippen LogP contribution in [-0.2, 0) is 7.05 Å². The number of aromatic amines is 1. The van der Waals surface area contributed by atoms with Crippen molar-refractivity contribution in [3.05, 3.63) is 40.8 Å². The largest absolute Gasteiger partial charge is 0.494 e. The van der Waals surface area contributed by atoms with Crippen LogP contribution in [0.5, 0.6) is 5.75 Å². The monoisotopic (exact) mass is 396 g/mol. The van der Waals surface area contributed by atoms with Gasteiger partial charge in [0.1, 0.15) is 12.0 Å². The van der Waals surface area contributed by atoms with E-state index in [1.807, 2.05) is 0 Å². The number of aromatic nitrogens is 6. The highest BCUT2D eigenvalue weighted by Crippen LogP contribution is 2.38. The number of fused-ring (bicyclic) bond motifs is 1. The van der Waals surface area contributed by atoms with Crippen LogP contribution in [0.15, 0.2) is 33.7 Å². The van der Waals surface area contributed by atoms with E-state index in [0.717, 1.165) is 0 Å². The van der Waals surface area contributed by atoms with Crippen molar-refractivity contribution >= 4 is 28.5 Å². The van der Waals surface area contributed by atoms with Crippen LogP contribution in [0.25, 0.3) is 22.6 Å². The van der Waals surface area contributed by atoms with Crippen molar-refractivity contribution in [3.63, 3.8) is 0 Å². The summed E-state index contributed by atoms with van der Waals surface area (Å²) in [4.78, 5) is 30.6. The van der Waals surface area contributed by atoms with Gasteiger partial charge in [0.05, 0.1) is 18.4 Å². The molecule has 29 heavy (non-hydrogen) atoms. The van der Waals surface area contributed by atoms with Crippen LogP contribution in [0.2, 0.25) is 0 Å². The summed E-state index contributed by atoms with van der Waals surface area (Å²) in [7, 11) is 4.72. The van der Waals surface area contributed by atoms with Gasteiger partial charge in [-0.2, -0.15) is 5.10 Å². The zero-order valence-electron chi connectivity index (χ0n) is 15.7. The molecule has 12 heteroatoms. The number of para-hydroxylation sites is 1. The Morgan fingerprint density at radius 1 is 1.31 bits per heavy atom. The molecule has 4 rings (SSSR count). The topological polar surface area (TPSA) is 153 Å². The van der Waals surface area contributed by atoms with E-state index in [1.165, 1.54) is 14.2 Å². The third-order valence-electron chi connectivity index (χ3n) is 4.11. The van der Waals surface area contributed by atoms with Gasteiger partial charge in [-0.25, -0.2) is 9.78 Å². The minimum Gasteiger partial charge on any atom is -0.494 e. The minimum absolute atomic E-state index is 0.0498. The molecule has 0 radical (unpaired) electrons. The molecule has 0 unspecified atom stereocenters. The molecule has 0 saturated heterocycles. The lowest BCUT2D eigenvalue weighted by Gasteiger charge is -2.15. The molecule has 0 aliphatic rings. The maximum absolute atomic E-state index is 12.3. The van der Waals surface area contributed by atoms with Crippen molar-refractivity contribution in [2.45, 2.75) is 0 Å². The number of methoxy groups -OCH3 is 1. The number of benzene rings is 1. The molecule has 12 nitrogen and oxygen atoms in total. The predicted octanol–water partition coefficient (Wildman–Crippen LogP) is 0.818. The van der Waals surface area contributed by atoms with E-state index < -0.39 is 11.7 Å². The summed E-state index contributed by atoms with van der Waals surface area (Å²) in [6.45, 7) is 0. The number of hydrogen-bond donors (Lipinski definition) is 3. The number of nitrogens with zero attached hydrogens (tertiary/aromatic N) is 5. The van der Waals surface area contributed by atoms with Gasteiger partial charge in [0.2, 0.25) is 11.2 Å². The van der Waals surface area contributed by atoms with Gasteiger partial charge in [-0.15, -0.1) is 10.2 Å². The molecule has 1 aromatic carbocycles. The summed E-state index contributed by atoms with van der Waals surface area (Å²) in [5, 5.41) is 17.6. The first kappa shape index (κ1) is 18.2. The standard InChI is InChI=1S/C17H16N8O4/c1-18-16(26)11-10(13-15(23-22-11)21-17(27)29-13)20-9-6-4-5-8(12(9)28-3)14-19-7-25(2)24-14/h4-7H,1-3H3,(H,18,26)(H2,20,21,23,27). The Morgan fingerprint density at radius 3 is 2.83 bits per heavy atom. The van der Waals surface area contributed by atoms with Gasteiger partial charge in [0.25, 0.3) is 5.91 Å². The fourth-order valence-electron chi connectivity index (χ4n) is 2.84. The molecular weight excluding hydrogens is 380 g/mol. The van der Waals surface area contributed by atoms with Crippen molar-refractivity contribution in [2.75, 3.05) is 19.5 Å². The molecule has 0 aliphatic carbocycles. The zero-order chi connectivity index (χ0) is 20.5. The number of anilines is 2. The number of nitrogens with one attached hydrogen (secondary N) is 3. The maximum Gasteiger partial charge on any atom is 0.418 e. The van der Waals surface area contributed by atoms with Crippen LogP contribution < -0.4 is 21.1 Å². The molecule has 0 atom stereocenters. The molecule has 0 bridgehead atoms. The Kier molecular flexibility index (Phi) is 4.43. The summed E-state index contributed by atoms with van der Waals surface area (Å²) < 4.78 is 12.3. The van der Waals surface area contributed by atoms with E-state index in [-0.39, 0.29) is 22.6 Å². The third kappa shape index (κ3) is 3.16. The first-order chi connectivity index (χ1) is 14.0. The van der Waals surface area contributed by atoms with E-state index in [9.17, 15) is 9.59 Å². The Hall–Kier alpha value is -4.22. The Labute approximate surface area is 162 Å². The second kappa shape index (κ2) is 7.07. The summed E-state index contributed by atoms with van der Waals surface area (Å²) in [5.74, 6) is -0.327. The first-order valence-corrected chi connectivity index (χ1v) is 8.43. The van der Waals surface area contributed by atoms with Crippen molar-refractivity contribution in [2.24, 2.45) is 7.05 Å². The van der Waals surface area contributed by atoms with E-state index in [4.69, 9.17) is 9.15 Å². The molecule has 0 aliphatic heterocycles. The molecule has 0 fully saturated rings. The Bertz CT molecular complexity index is 1270. The van der Waals surface area contributed by atoms with Gasteiger partial charge in [0.15, 0.2) is 17.3 Å². The Morgan fingerprint density at radius 2 is 2.14 bits per heavy atom. The summed E-state index contributed by atoms with van der Waals surface area (Å²) in [5.41, 5.74) is 1.40. The Balaban J connectivity index is 1.89. The van der Waals surface area contributed by atoms with Crippen LogP contribution in [0, 0.1) is 0 Å². The van der Waals surface area contributed by atoms with Gasteiger partial charge in [-0.3, -0.25) is 14.5 Å². The number of rotatable bonds is 5. The van der Waals surface area contributed by atoms with E-state index >= 15 is 0 Å². The van der Waals surface area contributed by atoms with Gasteiger partial charge < -0.3 is 19.8 Å². The van der Waals surface area contributed by atoms with Gasteiger partial charge in [-0.1, -0.05) is 6.07 Å². The predicted molar refractivity (Wildman–Crippen MR) is 102 cm³/mol. The van der Waals surface area contributed by atoms with Gasteiger partial charge >= 0.3 is 5.76 Å². The van der Waals surface area contributed by atoms with Crippen LogP contribution in [0.3, 0.4) is 0 Å². The highest BCUT2D eigenvalue weighted by molar-refractivity contribution is 6.04. The van der Waals surface area contributed by atoms with Crippen molar-refractivity contribution in [1.29, 1.82) is 0 Å². The SMILES string of the molecule is CNC(=O)c1nnc2[nH]c(=O)oc2c1Nc1cccc(-c2ncn(C)n2)c1OC. The average Bonchev–Trinajstić information content (AvgIpc) is 3.32. The van der Waals surface area contributed by atoms with Gasteiger partial charge in [0, 0.05) is 14.1 Å². The van der Waals surface area contributed by atoms with Crippen LogP contribution in [0.1, 0.15) is 10.5 Å². The molecule has 1 amide bonds. The molecule has 3 aromatic heterocycles. The number of aryl methyl sites for hydroxylation is 1. The van der Waals surface area contributed by atoms with Crippen molar-refractivity contribution in [3.8, 4) is 17.1 Å². The van der Waals surface area contributed by atoms with Crippen molar-refractivity contribution < 1.29 is 13.9 Å². The summed E-state index contributed by atoms with van der Waals surface area (Å²) >= 11 is 0. The smallest absolute Gasteiger partial charge is 0.418 e. The van der Waals surface area contributed by atoms with E-state index in [2.05, 4.69) is 35.9 Å². The lowest BCUT2D eigenvalue weighted by atomic mass is 10.1. The molecule has 4 aromatic rings. The second-order valence-electron chi connectivity index (χ2n) is 5.95. The summed E-state index contributed by atoms with van der Waals surface area (Å²) in [6, 6.07) is 5.31. The molecule has 3 heterocycles. The molecule has 3 N–H and O–H groups in total. The number of ether oxygens (including phenoxy) is 1. The molecule has 148 valence electrons. The normalized spacial score (nSPS) is 10.9. The number of amides is 1. The summed E-state index contributed by atoms with van der Waals surface area (Å²) in [6.07, 6.45) is 1.57. The minimum atomic E-state index is -0.718. The van der Waals surface area contributed by atoms with Crippen LogP contribution >= 0.6 is 0 Å². The second-order valence-corrected chi connectivity index (χ2v) is 5.95. The molecular formula is C17H16N8O4. The van der Waals surface area contributed by atoms with Gasteiger partial charge in [-0.05, 0) is 12.1 Å². The number of oxazole rings is 1. The zero-order valence-corrected chi connectivity index (χ0v) is 15.7. The van der Waals surface area contributed by atoms with E-state index in [1.54, 1.807) is 36.3 Å². The fraction of sp³-hybridized carbons (Fsp3) is 0.176. The molecule has 0 spiro atoms. The van der Waals surface area contributed by atoms with Crippen molar-refractivity contribution in [1.82, 2.24) is 35.3 Å². The first-order valence-electron chi connectivity index (χ1n) is 8.43. The fourth-order valence-corrected chi connectivity index (χ4v) is 2.84. The lowest BCUT2D eigenvalue weighted by molar-refractivity contribution is 0.0958. The average molecular weight is 396 g/mol.